The zero-order valence-corrected chi connectivity index (χ0v) is 19.3. The third kappa shape index (κ3) is 6.29. The normalized spacial score (nSPS) is 18.6. The molecule has 7 nitrogen and oxygen atoms in total. The maximum absolute atomic E-state index is 13.4. The van der Waals surface area contributed by atoms with Crippen LogP contribution in [0.5, 0.6) is 0 Å². The third-order valence-electron chi connectivity index (χ3n) is 5.81. The van der Waals surface area contributed by atoms with Crippen molar-refractivity contribution in [1.82, 2.24) is 9.80 Å². The first-order valence-corrected chi connectivity index (χ1v) is 11.1. The summed E-state index contributed by atoms with van der Waals surface area (Å²) in [5.74, 6) is -1.59. The standard InChI is InChI=1S/C24H36N2O5/c1-6-31-23(30)20(15-14-18-11-8-7-9-12-18)26(24(3,4)5)17(2)21(27)25-16-10-13-19(25)22(28)29/h7-9,11-12,17,19-20H,6,10,13-16H2,1-5H3,(H,28,29). The first-order chi connectivity index (χ1) is 14.6. The zero-order chi connectivity index (χ0) is 23.2. The van der Waals surface area contributed by atoms with Gasteiger partial charge in [0.1, 0.15) is 12.1 Å². The number of likely N-dealkylation sites (tertiary alicyclic amines) is 1. The molecule has 0 aliphatic carbocycles. The average molecular weight is 433 g/mol. The van der Waals surface area contributed by atoms with Gasteiger partial charge in [0.2, 0.25) is 5.91 Å². The van der Waals surface area contributed by atoms with Crippen LogP contribution in [0, 0.1) is 0 Å². The molecule has 2 rings (SSSR count). The molecule has 31 heavy (non-hydrogen) atoms. The summed E-state index contributed by atoms with van der Waals surface area (Å²) in [6.07, 6.45) is 2.29. The molecule has 1 aromatic carbocycles. The largest absolute Gasteiger partial charge is 0.480 e. The highest BCUT2D eigenvalue weighted by Gasteiger charge is 2.44. The van der Waals surface area contributed by atoms with Gasteiger partial charge in [-0.3, -0.25) is 14.5 Å². The Bertz CT molecular complexity index is 759. The van der Waals surface area contributed by atoms with Crippen LogP contribution < -0.4 is 0 Å². The Morgan fingerprint density at radius 1 is 1.23 bits per heavy atom. The lowest BCUT2D eigenvalue weighted by Gasteiger charge is -2.45. The van der Waals surface area contributed by atoms with Gasteiger partial charge in [-0.1, -0.05) is 30.3 Å². The van der Waals surface area contributed by atoms with Crippen molar-refractivity contribution >= 4 is 17.8 Å². The van der Waals surface area contributed by atoms with E-state index in [2.05, 4.69) is 0 Å². The van der Waals surface area contributed by atoms with Crippen LogP contribution in [0.2, 0.25) is 0 Å². The molecular formula is C24H36N2O5. The van der Waals surface area contributed by atoms with E-state index in [1.54, 1.807) is 13.8 Å². The third-order valence-corrected chi connectivity index (χ3v) is 5.81. The highest BCUT2D eigenvalue weighted by Crippen LogP contribution is 2.28. The summed E-state index contributed by atoms with van der Waals surface area (Å²) in [5, 5.41) is 9.51. The van der Waals surface area contributed by atoms with Crippen molar-refractivity contribution in [3.05, 3.63) is 35.9 Å². The van der Waals surface area contributed by atoms with E-state index in [9.17, 15) is 19.5 Å². The van der Waals surface area contributed by atoms with Crippen molar-refractivity contribution in [3.63, 3.8) is 0 Å². The highest BCUT2D eigenvalue weighted by atomic mass is 16.5. The first-order valence-electron chi connectivity index (χ1n) is 11.1. The number of ether oxygens (including phenoxy) is 1. The molecule has 1 amide bonds. The number of aryl methyl sites for hydroxylation is 1. The number of carbonyl (C=O) groups is 3. The Morgan fingerprint density at radius 3 is 2.42 bits per heavy atom. The van der Waals surface area contributed by atoms with Gasteiger partial charge in [-0.25, -0.2) is 4.79 Å². The van der Waals surface area contributed by atoms with Crippen LogP contribution in [0.15, 0.2) is 30.3 Å². The molecule has 1 saturated heterocycles. The summed E-state index contributed by atoms with van der Waals surface area (Å²) in [6.45, 7) is 10.1. The summed E-state index contributed by atoms with van der Waals surface area (Å²) < 4.78 is 5.38. The monoisotopic (exact) mass is 432 g/mol. The van der Waals surface area contributed by atoms with E-state index in [4.69, 9.17) is 4.74 Å². The minimum atomic E-state index is -0.980. The molecule has 172 valence electrons. The summed E-state index contributed by atoms with van der Waals surface area (Å²) in [4.78, 5) is 41.3. The van der Waals surface area contributed by atoms with Gasteiger partial charge in [0.25, 0.3) is 0 Å². The van der Waals surface area contributed by atoms with Gasteiger partial charge >= 0.3 is 11.9 Å². The molecule has 3 unspecified atom stereocenters. The molecular weight excluding hydrogens is 396 g/mol. The molecule has 0 aromatic heterocycles. The Morgan fingerprint density at radius 2 is 1.87 bits per heavy atom. The Hall–Kier alpha value is -2.41. The van der Waals surface area contributed by atoms with E-state index in [1.165, 1.54) is 4.90 Å². The fourth-order valence-corrected chi connectivity index (χ4v) is 4.52. The van der Waals surface area contributed by atoms with E-state index < -0.39 is 29.6 Å². The van der Waals surface area contributed by atoms with E-state index >= 15 is 0 Å². The van der Waals surface area contributed by atoms with Gasteiger partial charge in [-0.15, -0.1) is 0 Å². The molecule has 3 atom stereocenters. The van der Waals surface area contributed by atoms with Crippen molar-refractivity contribution in [3.8, 4) is 0 Å². The number of nitrogens with zero attached hydrogens (tertiary/aromatic N) is 2. The molecule has 1 aliphatic heterocycles. The van der Waals surface area contributed by atoms with Crippen LogP contribution in [-0.4, -0.2) is 69.6 Å². The van der Waals surface area contributed by atoms with Crippen LogP contribution in [0.4, 0.5) is 0 Å². The molecule has 1 aromatic rings. The van der Waals surface area contributed by atoms with Gasteiger partial charge in [-0.2, -0.15) is 0 Å². The second-order valence-corrected chi connectivity index (χ2v) is 9.07. The highest BCUT2D eigenvalue weighted by molar-refractivity contribution is 5.88. The summed E-state index contributed by atoms with van der Waals surface area (Å²) in [6, 6.07) is 7.81. The average Bonchev–Trinajstić information content (AvgIpc) is 3.20. The minimum Gasteiger partial charge on any atom is -0.480 e. The number of hydrogen-bond donors (Lipinski definition) is 1. The Balaban J connectivity index is 2.32. The smallest absolute Gasteiger partial charge is 0.326 e. The Labute approximate surface area is 185 Å². The van der Waals surface area contributed by atoms with Crippen LogP contribution in [-0.2, 0) is 25.5 Å². The second-order valence-electron chi connectivity index (χ2n) is 9.07. The predicted molar refractivity (Wildman–Crippen MR) is 119 cm³/mol. The number of benzene rings is 1. The number of esters is 1. The lowest BCUT2D eigenvalue weighted by Crippen LogP contribution is -2.61. The van der Waals surface area contributed by atoms with E-state index in [0.717, 1.165) is 5.56 Å². The van der Waals surface area contributed by atoms with E-state index in [-0.39, 0.29) is 18.5 Å². The predicted octanol–water partition coefficient (Wildman–Crippen LogP) is 3.12. The molecule has 0 bridgehead atoms. The van der Waals surface area contributed by atoms with Gasteiger partial charge in [0, 0.05) is 12.1 Å². The quantitative estimate of drug-likeness (QED) is 0.604. The van der Waals surface area contributed by atoms with Crippen LogP contribution in [0.25, 0.3) is 0 Å². The summed E-state index contributed by atoms with van der Waals surface area (Å²) in [5.41, 5.74) is 0.594. The van der Waals surface area contributed by atoms with Crippen molar-refractivity contribution in [2.75, 3.05) is 13.2 Å². The van der Waals surface area contributed by atoms with Gasteiger partial charge < -0.3 is 14.7 Å². The maximum atomic E-state index is 13.4. The number of carboxylic acid groups (broad SMARTS) is 1. The van der Waals surface area contributed by atoms with E-state index in [1.807, 2.05) is 56.0 Å². The van der Waals surface area contributed by atoms with Crippen molar-refractivity contribution in [1.29, 1.82) is 0 Å². The maximum Gasteiger partial charge on any atom is 0.326 e. The zero-order valence-electron chi connectivity index (χ0n) is 19.3. The number of carboxylic acids is 1. The number of carbonyl (C=O) groups excluding carboxylic acids is 2. The molecule has 1 aliphatic rings. The number of hydrogen-bond acceptors (Lipinski definition) is 5. The molecule has 0 saturated carbocycles. The fraction of sp³-hybridized carbons (Fsp3) is 0.625. The van der Waals surface area contributed by atoms with Gasteiger partial charge in [0.15, 0.2) is 0 Å². The summed E-state index contributed by atoms with van der Waals surface area (Å²) >= 11 is 0. The molecule has 1 fully saturated rings. The molecule has 0 radical (unpaired) electrons. The van der Waals surface area contributed by atoms with Gasteiger partial charge in [0.05, 0.1) is 12.6 Å². The number of amides is 1. The minimum absolute atomic E-state index is 0.256. The Kier molecular flexibility index (Phi) is 8.62. The molecule has 0 spiro atoms. The molecule has 1 heterocycles. The van der Waals surface area contributed by atoms with Crippen LogP contribution in [0.1, 0.15) is 59.4 Å². The second kappa shape index (κ2) is 10.8. The molecule has 7 heteroatoms. The lowest BCUT2D eigenvalue weighted by molar-refractivity contribution is -0.159. The number of aliphatic carboxylic acids is 1. The fourth-order valence-electron chi connectivity index (χ4n) is 4.52. The number of rotatable bonds is 9. The topological polar surface area (TPSA) is 87.2 Å². The molecule has 1 N–H and O–H groups in total. The summed E-state index contributed by atoms with van der Waals surface area (Å²) in [7, 11) is 0. The first kappa shape index (κ1) is 24.9. The van der Waals surface area contributed by atoms with Crippen molar-refractivity contribution in [2.24, 2.45) is 0 Å². The van der Waals surface area contributed by atoms with Gasteiger partial charge in [-0.05, 0) is 65.9 Å². The van der Waals surface area contributed by atoms with Crippen molar-refractivity contribution in [2.45, 2.75) is 84.0 Å². The van der Waals surface area contributed by atoms with E-state index in [0.29, 0.717) is 32.2 Å². The lowest BCUT2D eigenvalue weighted by atomic mass is 9.95. The van der Waals surface area contributed by atoms with Crippen LogP contribution in [0.3, 0.4) is 0 Å². The van der Waals surface area contributed by atoms with Crippen LogP contribution >= 0.6 is 0 Å². The van der Waals surface area contributed by atoms with Crippen molar-refractivity contribution < 1.29 is 24.2 Å². The SMILES string of the molecule is CCOC(=O)C(CCc1ccccc1)N(C(C)C(=O)N1CCCC1C(=O)O)C(C)(C)C.